The summed E-state index contributed by atoms with van der Waals surface area (Å²) >= 11 is 0. The maximum Gasteiger partial charge on any atom is 0.242 e. The molecule has 1 atom stereocenters. The van der Waals surface area contributed by atoms with Gasteiger partial charge < -0.3 is 19.7 Å². The Bertz CT molecular complexity index is 1080. The molecule has 0 aliphatic carbocycles. The van der Waals surface area contributed by atoms with E-state index < -0.39 is 0 Å². The predicted octanol–water partition coefficient (Wildman–Crippen LogP) is 2.03. The molecule has 2 aliphatic rings. The minimum absolute atomic E-state index is 0.0266. The molecular weight excluding hydrogens is 396 g/mol. The van der Waals surface area contributed by atoms with E-state index in [1.54, 1.807) is 17.1 Å². The van der Waals surface area contributed by atoms with Gasteiger partial charge in [-0.1, -0.05) is 6.07 Å². The molecule has 1 N–H and O–H groups in total. The van der Waals surface area contributed by atoms with E-state index in [1.165, 1.54) is 0 Å². The number of nitrogens with one attached hydrogen (secondary N) is 1. The van der Waals surface area contributed by atoms with E-state index in [4.69, 9.17) is 9.47 Å². The van der Waals surface area contributed by atoms with E-state index in [2.05, 4.69) is 25.2 Å². The number of anilines is 1. The Morgan fingerprint density at radius 1 is 1.23 bits per heavy atom. The molecule has 0 saturated carbocycles. The van der Waals surface area contributed by atoms with Gasteiger partial charge in [0.15, 0.2) is 11.5 Å². The zero-order chi connectivity index (χ0) is 21.2. The van der Waals surface area contributed by atoms with Crippen molar-refractivity contribution >= 4 is 11.7 Å². The van der Waals surface area contributed by atoms with Crippen LogP contribution >= 0.6 is 0 Å². The maximum atomic E-state index is 12.9. The Labute approximate surface area is 180 Å². The maximum absolute atomic E-state index is 12.9. The molecule has 1 fully saturated rings. The molecule has 0 radical (unpaired) electrons. The number of rotatable bonds is 6. The number of fused-ring (bicyclic) bond motifs is 1. The van der Waals surface area contributed by atoms with Crippen LogP contribution in [0.5, 0.6) is 11.5 Å². The van der Waals surface area contributed by atoms with Gasteiger partial charge in [-0.3, -0.25) is 9.36 Å². The van der Waals surface area contributed by atoms with E-state index in [1.807, 2.05) is 37.4 Å². The highest BCUT2D eigenvalue weighted by Crippen LogP contribution is 2.32. The number of carbonyl (C=O) groups is 1. The first-order valence-corrected chi connectivity index (χ1v) is 10.4. The Morgan fingerprint density at radius 3 is 3.00 bits per heavy atom. The van der Waals surface area contributed by atoms with Gasteiger partial charge in [0.1, 0.15) is 18.2 Å². The molecule has 2 aliphatic heterocycles. The minimum Gasteiger partial charge on any atom is -0.454 e. The number of nitrogens with zero attached hydrogens (tertiary/aromatic N) is 5. The lowest BCUT2D eigenvalue weighted by atomic mass is 10.1. The number of amides is 1. The van der Waals surface area contributed by atoms with Crippen molar-refractivity contribution in [2.24, 2.45) is 0 Å². The average molecular weight is 420 g/mol. The number of benzene rings is 1. The number of carbonyl (C=O) groups excluding carboxylic acids is 1. The SMILES string of the molecule is Cc1cc(N2CCC[C@H]2C(=O)NCCc2ccc3c(c2)OCO3)nc(-n2ccnc2)n1. The standard InChI is InChI=1S/C22H24N6O3/c1-15-11-20(26-22(25-15)27-10-8-23-13-27)28-9-2-3-17(28)21(29)24-7-6-16-4-5-18-19(12-16)31-14-30-18/h4-5,8,10-13,17H,2-3,6-7,9,14H2,1H3,(H,24,29)/t17-/m0/s1. The Morgan fingerprint density at radius 2 is 2.13 bits per heavy atom. The molecular formula is C22H24N6O3. The van der Waals surface area contributed by atoms with Gasteiger partial charge in [0.05, 0.1) is 0 Å². The molecule has 9 nitrogen and oxygen atoms in total. The molecule has 5 rings (SSSR count). The van der Waals surface area contributed by atoms with Crippen molar-refractivity contribution in [1.82, 2.24) is 24.8 Å². The molecule has 1 saturated heterocycles. The summed E-state index contributed by atoms with van der Waals surface area (Å²) < 4.78 is 12.5. The molecule has 2 aromatic heterocycles. The van der Waals surface area contributed by atoms with E-state index in [9.17, 15) is 4.79 Å². The minimum atomic E-state index is -0.235. The second-order valence-corrected chi connectivity index (χ2v) is 7.72. The zero-order valence-corrected chi connectivity index (χ0v) is 17.3. The number of aryl methyl sites for hydroxylation is 1. The molecule has 160 valence electrons. The van der Waals surface area contributed by atoms with E-state index in [-0.39, 0.29) is 18.7 Å². The van der Waals surface area contributed by atoms with E-state index in [0.29, 0.717) is 12.5 Å². The van der Waals surface area contributed by atoms with Gasteiger partial charge in [-0.05, 0) is 43.9 Å². The quantitative estimate of drug-likeness (QED) is 0.652. The van der Waals surface area contributed by atoms with Crippen LogP contribution < -0.4 is 19.7 Å². The summed E-state index contributed by atoms with van der Waals surface area (Å²) in [7, 11) is 0. The van der Waals surface area contributed by atoms with Crippen LogP contribution in [0.1, 0.15) is 24.1 Å². The first-order valence-electron chi connectivity index (χ1n) is 10.4. The van der Waals surface area contributed by atoms with E-state index in [0.717, 1.165) is 54.4 Å². The summed E-state index contributed by atoms with van der Waals surface area (Å²) in [5, 5.41) is 3.09. The second-order valence-electron chi connectivity index (χ2n) is 7.72. The average Bonchev–Trinajstić information content (AvgIpc) is 3.54. The summed E-state index contributed by atoms with van der Waals surface area (Å²) in [5.74, 6) is 2.88. The third-order valence-electron chi connectivity index (χ3n) is 5.56. The van der Waals surface area contributed by atoms with Crippen LogP contribution in [-0.2, 0) is 11.2 Å². The molecule has 1 amide bonds. The number of hydrogen-bond acceptors (Lipinski definition) is 7. The highest BCUT2D eigenvalue weighted by atomic mass is 16.7. The van der Waals surface area contributed by atoms with Gasteiger partial charge in [0, 0.05) is 37.2 Å². The van der Waals surface area contributed by atoms with Crippen LogP contribution in [0.2, 0.25) is 0 Å². The van der Waals surface area contributed by atoms with Crippen molar-refractivity contribution in [1.29, 1.82) is 0 Å². The highest BCUT2D eigenvalue weighted by molar-refractivity contribution is 5.85. The molecule has 0 spiro atoms. The van der Waals surface area contributed by atoms with Crippen molar-refractivity contribution in [2.75, 3.05) is 24.8 Å². The molecule has 1 aromatic carbocycles. The monoisotopic (exact) mass is 420 g/mol. The first kappa shape index (κ1) is 19.3. The van der Waals surface area contributed by atoms with Gasteiger partial charge in [0.25, 0.3) is 0 Å². The Hall–Kier alpha value is -3.62. The number of imidazole rings is 1. The lowest BCUT2D eigenvalue weighted by Crippen LogP contribution is -2.44. The summed E-state index contributed by atoms with van der Waals surface area (Å²) in [6.07, 6.45) is 7.65. The normalized spacial score (nSPS) is 17.2. The summed E-state index contributed by atoms with van der Waals surface area (Å²) in [4.78, 5) is 28.3. The summed E-state index contributed by atoms with van der Waals surface area (Å²) in [6, 6.07) is 7.58. The fourth-order valence-corrected chi connectivity index (χ4v) is 4.03. The highest BCUT2D eigenvalue weighted by Gasteiger charge is 2.32. The third-order valence-corrected chi connectivity index (χ3v) is 5.56. The molecule has 0 unspecified atom stereocenters. The molecule has 0 bridgehead atoms. The van der Waals surface area contributed by atoms with Gasteiger partial charge in [-0.15, -0.1) is 0 Å². The third kappa shape index (κ3) is 4.03. The molecule has 31 heavy (non-hydrogen) atoms. The van der Waals surface area contributed by atoms with Gasteiger partial charge in [0.2, 0.25) is 18.6 Å². The van der Waals surface area contributed by atoms with Gasteiger partial charge >= 0.3 is 0 Å². The lowest BCUT2D eigenvalue weighted by molar-refractivity contribution is -0.122. The predicted molar refractivity (Wildman–Crippen MR) is 114 cm³/mol. The van der Waals surface area contributed by atoms with Crippen LogP contribution in [0.4, 0.5) is 5.82 Å². The Kier molecular flexibility index (Phi) is 5.15. The van der Waals surface area contributed by atoms with Crippen LogP contribution in [0, 0.1) is 6.92 Å². The van der Waals surface area contributed by atoms with Crippen molar-refractivity contribution in [3.05, 3.63) is 54.2 Å². The van der Waals surface area contributed by atoms with Gasteiger partial charge in [-0.2, -0.15) is 4.98 Å². The van der Waals surface area contributed by atoms with Gasteiger partial charge in [-0.25, -0.2) is 9.97 Å². The summed E-state index contributed by atoms with van der Waals surface area (Å²) in [5.41, 5.74) is 1.95. The zero-order valence-electron chi connectivity index (χ0n) is 17.3. The van der Waals surface area contributed by atoms with Crippen molar-refractivity contribution in [2.45, 2.75) is 32.2 Å². The molecule has 4 heterocycles. The fourth-order valence-electron chi connectivity index (χ4n) is 4.03. The summed E-state index contributed by atoms with van der Waals surface area (Å²) in [6.45, 7) is 3.55. The number of ether oxygens (including phenoxy) is 2. The topological polar surface area (TPSA) is 94.4 Å². The van der Waals surface area contributed by atoms with E-state index >= 15 is 0 Å². The number of hydrogen-bond donors (Lipinski definition) is 1. The lowest BCUT2D eigenvalue weighted by Gasteiger charge is -2.25. The smallest absolute Gasteiger partial charge is 0.242 e. The first-order chi connectivity index (χ1) is 15.2. The Balaban J connectivity index is 1.24. The fraction of sp³-hybridized carbons (Fsp3) is 0.364. The van der Waals surface area contributed by atoms with Crippen LogP contribution in [-0.4, -0.2) is 51.4 Å². The largest absolute Gasteiger partial charge is 0.454 e. The van der Waals surface area contributed by atoms with Crippen molar-refractivity contribution < 1.29 is 14.3 Å². The van der Waals surface area contributed by atoms with Crippen LogP contribution in [0.25, 0.3) is 5.95 Å². The van der Waals surface area contributed by atoms with Crippen LogP contribution in [0.3, 0.4) is 0 Å². The molecule has 3 aromatic rings. The van der Waals surface area contributed by atoms with Crippen molar-refractivity contribution in [3.63, 3.8) is 0 Å². The molecule has 9 heteroatoms. The second kappa shape index (κ2) is 8.25. The number of aromatic nitrogens is 4. The van der Waals surface area contributed by atoms with Crippen molar-refractivity contribution in [3.8, 4) is 17.4 Å². The van der Waals surface area contributed by atoms with Crippen LogP contribution in [0.15, 0.2) is 43.0 Å².